The monoisotopic (exact) mass is 298 g/mol. The maximum Gasteiger partial charge on any atom is 0.343 e. The Morgan fingerprint density at radius 1 is 1.45 bits per heavy atom. The van der Waals surface area contributed by atoms with E-state index in [4.69, 9.17) is 5.73 Å². The van der Waals surface area contributed by atoms with E-state index >= 15 is 0 Å². The summed E-state index contributed by atoms with van der Waals surface area (Å²) in [6.07, 6.45) is 3.35. The average Bonchev–Trinajstić information content (AvgIpc) is 2.71. The molecule has 1 fully saturated rings. The van der Waals surface area contributed by atoms with E-state index in [2.05, 4.69) is 31.0 Å². The van der Waals surface area contributed by atoms with E-state index in [1.54, 1.807) is 16.3 Å². The molecule has 0 aromatic carbocycles. The molecule has 0 spiro atoms. The van der Waals surface area contributed by atoms with Crippen molar-refractivity contribution in [3.05, 3.63) is 10.5 Å². The standard InChI is InChI=1S/C14H26N4OS/c1-5-18-12(19)16-17-13(18)20-11-8-9(14(2,3)4)6-7-10(11)15/h9-11H,5-8,15H2,1-4H3,(H,16,19). The second-order valence-corrected chi connectivity index (χ2v) is 7.96. The molecule has 3 N–H and O–H groups in total. The third-order valence-corrected chi connectivity index (χ3v) is 5.73. The van der Waals surface area contributed by atoms with E-state index in [0.717, 1.165) is 18.0 Å². The number of nitrogens with zero attached hydrogens (tertiary/aromatic N) is 2. The van der Waals surface area contributed by atoms with Crippen LogP contribution in [0.5, 0.6) is 0 Å². The third kappa shape index (κ3) is 3.28. The first kappa shape index (κ1) is 15.6. The molecule has 1 aromatic heterocycles. The topological polar surface area (TPSA) is 76.7 Å². The summed E-state index contributed by atoms with van der Waals surface area (Å²) in [5.41, 5.74) is 6.47. The molecule has 1 aromatic rings. The second kappa shape index (κ2) is 5.93. The summed E-state index contributed by atoms with van der Waals surface area (Å²) in [6, 6.07) is 0.190. The van der Waals surface area contributed by atoms with Gasteiger partial charge >= 0.3 is 5.69 Å². The molecule has 6 heteroatoms. The fourth-order valence-electron chi connectivity index (χ4n) is 2.88. The molecule has 1 aliphatic rings. The van der Waals surface area contributed by atoms with Gasteiger partial charge in [0.15, 0.2) is 5.16 Å². The van der Waals surface area contributed by atoms with Gasteiger partial charge < -0.3 is 5.73 Å². The van der Waals surface area contributed by atoms with Crippen molar-refractivity contribution in [3.63, 3.8) is 0 Å². The van der Waals surface area contributed by atoms with E-state index in [0.29, 0.717) is 23.1 Å². The van der Waals surface area contributed by atoms with Crippen LogP contribution < -0.4 is 11.4 Å². The van der Waals surface area contributed by atoms with Crippen LogP contribution in [0.2, 0.25) is 0 Å². The lowest BCUT2D eigenvalue weighted by Crippen LogP contribution is -2.41. The van der Waals surface area contributed by atoms with Crippen molar-refractivity contribution in [3.8, 4) is 0 Å². The zero-order chi connectivity index (χ0) is 14.9. The Hall–Kier alpha value is -0.750. The smallest absolute Gasteiger partial charge is 0.327 e. The Bertz CT molecular complexity index is 502. The van der Waals surface area contributed by atoms with Crippen molar-refractivity contribution in [1.82, 2.24) is 14.8 Å². The number of hydrogen-bond donors (Lipinski definition) is 2. The first-order valence-corrected chi connectivity index (χ1v) is 8.28. The lowest BCUT2D eigenvalue weighted by Gasteiger charge is -2.40. The first-order valence-electron chi connectivity index (χ1n) is 7.40. The van der Waals surface area contributed by atoms with Crippen molar-refractivity contribution in [2.75, 3.05) is 0 Å². The van der Waals surface area contributed by atoms with Gasteiger partial charge in [-0.25, -0.2) is 9.89 Å². The molecule has 1 aliphatic carbocycles. The van der Waals surface area contributed by atoms with E-state index in [1.165, 1.54) is 6.42 Å². The fourth-order valence-corrected chi connectivity index (χ4v) is 4.23. The molecule has 1 heterocycles. The number of hydrogen-bond acceptors (Lipinski definition) is 4. The third-order valence-electron chi connectivity index (χ3n) is 4.36. The van der Waals surface area contributed by atoms with Gasteiger partial charge in [-0.2, -0.15) is 0 Å². The predicted octanol–water partition coefficient (Wildman–Crippen LogP) is 2.23. The van der Waals surface area contributed by atoms with Crippen LogP contribution in [-0.2, 0) is 6.54 Å². The molecule has 3 unspecified atom stereocenters. The maximum atomic E-state index is 11.6. The van der Waals surface area contributed by atoms with Gasteiger partial charge in [-0.05, 0) is 37.5 Å². The van der Waals surface area contributed by atoms with Crippen molar-refractivity contribution in [1.29, 1.82) is 0 Å². The molecular formula is C14H26N4OS. The number of aromatic nitrogens is 3. The molecule has 0 bridgehead atoms. The van der Waals surface area contributed by atoms with Crippen LogP contribution in [0.4, 0.5) is 0 Å². The van der Waals surface area contributed by atoms with Crippen LogP contribution in [0.1, 0.15) is 47.0 Å². The van der Waals surface area contributed by atoms with Crippen molar-refractivity contribution >= 4 is 11.8 Å². The zero-order valence-electron chi connectivity index (χ0n) is 12.8. The van der Waals surface area contributed by atoms with Crippen LogP contribution in [-0.4, -0.2) is 26.1 Å². The number of aromatic amines is 1. The van der Waals surface area contributed by atoms with Gasteiger partial charge in [0.25, 0.3) is 0 Å². The summed E-state index contributed by atoms with van der Waals surface area (Å²) in [6.45, 7) is 9.49. The maximum absolute atomic E-state index is 11.6. The van der Waals surface area contributed by atoms with Gasteiger partial charge in [-0.3, -0.25) is 4.57 Å². The summed E-state index contributed by atoms with van der Waals surface area (Å²) in [5, 5.41) is 7.78. The predicted molar refractivity (Wildman–Crippen MR) is 82.9 cm³/mol. The second-order valence-electron chi connectivity index (χ2n) is 6.75. The van der Waals surface area contributed by atoms with E-state index in [-0.39, 0.29) is 11.7 Å². The van der Waals surface area contributed by atoms with Crippen molar-refractivity contribution in [2.45, 2.75) is 70.0 Å². The fraction of sp³-hybridized carbons (Fsp3) is 0.857. The summed E-state index contributed by atoms with van der Waals surface area (Å²) < 4.78 is 1.68. The highest BCUT2D eigenvalue weighted by molar-refractivity contribution is 7.99. The van der Waals surface area contributed by atoms with Crippen LogP contribution in [0.3, 0.4) is 0 Å². The average molecular weight is 298 g/mol. The number of nitrogens with one attached hydrogen (secondary N) is 1. The first-order chi connectivity index (χ1) is 9.32. The summed E-state index contributed by atoms with van der Waals surface area (Å²) >= 11 is 1.66. The number of thioether (sulfide) groups is 1. The van der Waals surface area contributed by atoms with E-state index in [9.17, 15) is 4.79 Å². The summed E-state index contributed by atoms with van der Waals surface area (Å²) in [5.74, 6) is 0.681. The Morgan fingerprint density at radius 2 is 2.15 bits per heavy atom. The van der Waals surface area contributed by atoms with Gasteiger partial charge in [0.05, 0.1) is 0 Å². The summed E-state index contributed by atoms with van der Waals surface area (Å²) in [4.78, 5) is 11.6. The number of rotatable bonds is 3. The molecule has 2 rings (SSSR count). The van der Waals surface area contributed by atoms with Gasteiger partial charge in [0, 0.05) is 17.8 Å². The van der Waals surface area contributed by atoms with Gasteiger partial charge in [0.1, 0.15) is 0 Å². The SMILES string of the molecule is CCn1c(SC2CC(C(C)(C)C)CCC2N)n[nH]c1=O. The summed E-state index contributed by atoms with van der Waals surface area (Å²) in [7, 11) is 0. The van der Waals surface area contributed by atoms with Crippen LogP contribution in [0.15, 0.2) is 9.95 Å². The Kier molecular flexibility index (Phi) is 4.64. The highest BCUT2D eigenvalue weighted by atomic mass is 32.2. The largest absolute Gasteiger partial charge is 0.343 e. The van der Waals surface area contributed by atoms with Crippen molar-refractivity contribution in [2.24, 2.45) is 17.1 Å². The molecule has 0 aliphatic heterocycles. The lowest BCUT2D eigenvalue weighted by molar-refractivity contribution is 0.174. The highest BCUT2D eigenvalue weighted by Crippen LogP contribution is 2.42. The molecule has 5 nitrogen and oxygen atoms in total. The minimum atomic E-state index is -0.133. The Balaban J connectivity index is 2.12. The molecule has 1 saturated carbocycles. The molecular weight excluding hydrogens is 272 g/mol. The molecule has 20 heavy (non-hydrogen) atoms. The van der Waals surface area contributed by atoms with Crippen LogP contribution in [0.25, 0.3) is 0 Å². The van der Waals surface area contributed by atoms with E-state index in [1.807, 2.05) is 6.92 Å². The Morgan fingerprint density at radius 3 is 2.75 bits per heavy atom. The molecule has 3 atom stereocenters. The normalized spacial score (nSPS) is 27.8. The molecule has 0 saturated heterocycles. The quantitative estimate of drug-likeness (QED) is 0.897. The molecule has 0 amide bonds. The van der Waals surface area contributed by atoms with Gasteiger partial charge in [0.2, 0.25) is 0 Å². The van der Waals surface area contributed by atoms with Gasteiger partial charge in [-0.15, -0.1) is 5.10 Å². The number of H-pyrrole nitrogens is 1. The Labute approximate surface area is 124 Å². The van der Waals surface area contributed by atoms with Crippen LogP contribution in [0, 0.1) is 11.3 Å². The zero-order valence-corrected chi connectivity index (χ0v) is 13.7. The number of nitrogens with two attached hydrogens (primary N) is 1. The van der Waals surface area contributed by atoms with Gasteiger partial charge in [-0.1, -0.05) is 32.5 Å². The lowest BCUT2D eigenvalue weighted by atomic mass is 9.71. The highest BCUT2D eigenvalue weighted by Gasteiger charge is 2.35. The molecule has 114 valence electrons. The molecule has 0 radical (unpaired) electrons. The van der Waals surface area contributed by atoms with Crippen LogP contribution >= 0.6 is 11.8 Å². The van der Waals surface area contributed by atoms with E-state index < -0.39 is 0 Å². The van der Waals surface area contributed by atoms with Crippen molar-refractivity contribution < 1.29 is 0 Å². The minimum absolute atomic E-state index is 0.133. The minimum Gasteiger partial charge on any atom is -0.327 e.